The van der Waals surface area contributed by atoms with Crippen molar-refractivity contribution in [3.8, 4) is 10.6 Å². The zero-order valence-corrected chi connectivity index (χ0v) is 11.2. The Morgan fingerprint density at radius 3 is 2.29 bits per heavy atom. The fourth-order valence-electron chi connectivity index (χ4n) is 1.00. The Bertz CT molecular complexity index is 452. The Hall–Kier alpha value is 0.0900. The molecule has 1 heterocycles. The molecule has 72 valence electrons. The molecule has 2 rings (SSSR count). The van der Waals surface area contributed by atoms with Gasteiger partial charge in [0, 0.05) is 38.2 Å². The van der Waals surface area contributed by atoms with Crippen LogP contribution in [0.5, 0.6) is 0 Å². The third kappa shape index (κ3) is 2.36. The van der Waals surface area contributed by atoms with Crippen molar-refractivity contribution in [2.24, 2.45) is 0 Å². The number of aromatic nitrogens is 2. The van der Waals surface area contributed by atoms with Gasteiger partial charge in [0.25, 0.3) is 0 Å². The molecule has 0 radical (unpaired) electrons. The lowest BCUT2D eigenvalue weighted by Crippen LogP contribution is -1.77. The van der Waals surface area contributed by atoms with Gasteiger partial charge in [0.15, 0.2) is 0 Å². The Morgan fingerprint density at radius 2 is 1.79 bits per heavy atom. The highest BCUT2D eigenvalue weighted by Gasteiger charge is 2.06. The molecule has 2 nitrogen and oxygen atoms in total. The lowest BCUT2D eigenvalue weighted by atomic mass is 10.2. The molecule has 0 unspecified atom stereocenters. The molecule has 0 fully saturated rings. The molecule has 1 aromatic carbocycles. The smallest absolute Gasteiger partial charge is 0.203 e. The first-order valence-electron chi connectivity index (χ1n) is 3.61. The Kier molecular flexibility index (Phi) is 3.26. The zero-order chi connectivity index (χ0) is 10.1. The van der Waals surface area contributed by atoms with Crippen LogP contribution < -0.4 is 0 Å². The normalized spacial score (nSPS) is 10.5. The van der Waals surface area contributed by atoms with Crippen molar-refractivity contribution in [3.63, 3.8) is 0 Å². The summed E-state index contributed by atoms with van der Waals surface area (Å²) in [6.07, 6.45) is 0. The van der Waals surface area contributed by atoms with E-state index < -0.39 is 0 Å². The lowest BCUT2D eigenvalue weighted by molar-refractivity contribution is 1.25. The van der Waals surface area contributed by atoms with E-state index in [1.54, 1.807) is 6.07 Å². The van der Waals surface area contributed by atoms with E-state index in [-0.39, 0.29) is 0 Å². The van der Waals surface area contributed by atoms with Crippen LogP contribution in [0.15, 0.2) is 18.2 Å². The minimum Gasteiger partial charge on any atom is -0.210 e. The molecule has 1 aromatic heterocycles. The first kappa shape index (κ1) is 10.6. The summed E-state index contributed by atoms with van der Waals surface area (Å²) in [6, 6.07) is 5.34. The highest BCUT2D eigenvalue weighted by Crippen LogP contribution is 2.28. The maximum atomic E-state index is 5.88. The number of nitrogens with zero attached hydrogens (tertiary/aromatic N) is 2. The van der Waals surface area contributed by atoms with E-state index in [9.17, 15) is 0 Å². The molecule has 0 saturated carbocycles. The number of hydrogen-bond donors (Lipinski definition) is 0. The third-order valence-electron chi connectivity index (χ3n) is 1.51. The second-order valence-corrected chi connectivity index (χ2v) is 5.12. The maximum absolute atomic E-state index is 5.88. The standard InChI is InChI=1S/C8H3Cl2IN2S/c9-5-1-4(2-6(10)3-5)7-12-8(11)13-14-7/h1-3H. The van der Waals surface area contributed by atoms with Crippen LogP contribution in [0.1, 0.15) is 0 Å². The molecule has 0 aliphatic carbocycles. The third-order valence-corrected chi connectivity index (χ3v) is 3.52. The second-order valence-electron chi connectivity index (χ2n) is 2.53. The van der Waals surface area contributed by atoms with E-state index in [0.717, 1.165) is 14.4 Å². The Morgan fingerprint density at radius 1 is 1.14 bits per heavy atom. The van der Waals surface area contributed by atoms with E-state index in [4.69, 9.17) is 23.2 Å². The molecule has 0 aliphatic rings. The van der Waals surface area contributed by atoms with Gasteiger partial charge < -0.3 is 0 Å². The van der Waals surface area contributed by atoms with Crippen molar-refractivity contribution in [2.75, 3.05) is 0 Å². The SMILES string of the molecule is Clc1cc(Cl)cc(-c2nc(I)ns2)c1. The fourth-order valence-corrected chi connectivity index (χ4v) is 2.78. The van der Waals surface area contributed by atoms with Gasteiger partial charge in [0.2, 0.25) is 3.83 Å². The lowest BCUT2D eigenvalue weighted by Gasteiger charge is -1.97. The van der Waals surface area contributed by atoms with Gasteiger partial charge in [0.05, 0.1) is 0 Å². The van der Waals surface area contributed by atoms with Crippen molar-refractivity contribution < 1.29 is 0 Å². The first-order valence-corrected chi connectivity index (χ1v) is 6.21. The number of benzene rings is 1. The van der Waals surface area contributed by atoms with Gasteiger partial charge in [-0.1, -0.05) is 23.2 Å². The monoisotopic (exact) mass is 356 g/mol. The summed E-state index contributed by atoms with van der Waals surface area (Å²) in [7, 11) is 0. The van der Waals surface area contributed by atoms with Crippen LogP contribution in [-0.4, -0.2) is 9.36 Å². The van der Waals surface area contributed by atoms with E-state index in [2.05, 4.69) is 31.9 Å². The molecule has 14 heavy (non-hydrogen) atoms. The van der Waals surface area contributed by atoms with Crippen molar-refractivity contribution in [1.29, 1.82) is 0 Å². The zero-order valence-electron chi connectivity index (χ0n) is 6.67. The predicted octanol–water partition coefficient (Wildman–Crippen LogP) is 4.12. The van der Waals surface area contributed by atoms with Crippen LogP contribution in [-0.2, 0) is 0 Å². The van der Waals surface area contributed by atoms with Gasteiger partial charge in [-0.05, 0) is 29.7 Å². The van der Waals surface area contributed by atoms with Crippen LogP contribution in [0.25, 0.3) is 10.6 Å². The summed E-state index contributed by atoms with van der Waals surface area (Å²) >= 11 is 15.2. The molecule has 0 spiro atoms. The molecule has 0 bridgehead atoms. The number of hydrogen-bond acceptors (Lipinski definition) is 3. The van der Waals surface area contributed by atoms with Crippen molar-refractivity contribution in [2.45, 2.75) is 0 Å². The van der Waals surface area contributed by atoms with Gasteiger partial charge in [-0.2, -0.15) is 4.37 Å². The summed E-state index contributed by atoms with van der Waals surface area (Å²) in [5, 5.41) is 2.05. The minimum absolute atomic E-state index is 0.609. The van der Waals surface area contributed by atoms with Gasteiger partial charge in [-0.15, -0.1) is 0 Å². The first-order chi connectivity index (χ1) is 6.65. The van der Waals surface area contributed by atoms with Gasteiger partial charge in [0.1, 0.15) is 5.01 Å². The second kappa shape index (κ2) is 4.30. The summed E-state index contributed by atoms with van der Waals surface area (Å²) in [5.41, 5.74) is 0.905. The van der Waals surface area contributed by atoms with Gasteiger partial charge in [-0.3, -0.25) is 0 Å². The molecule has 2 aromatic rings. The van der Waals surface area contributed by atoms with Gasteiger partial charge in [-0.25, -0.2) is 4.98 Å². The maximum Gasteiger partial charge on any atom is 0.203 e. The van der Waals surface area contributed by atoms with Crippen LogP contribution >= 0.6 is 57.3 Å². The van der Waals surface area contributed by atoms with Crippen molar-refractivity contribution in [3.05, 3.63) is 32.1 Å². The topological polar surface area (TPSA) is 25.8 Å². The molecule has 0 atom stereocenters. The average molecular weight is 357 g/mol. The van der Waals surface area contributed by atoms with Crippen LogP contribution in [0, 0.1) is 3.83 Å². The van der Waals surface area contributed by atoms with Crippen molar-refractivity contribution in [1.82, 2.24) is 9.36 Å². The average Bonchev–Trinajstić information content (AvgIpc) is 2.50. The fraction of sp³-hybridized carbons (Fsp3) is 0. The molecule has 0 saturated heterocycles. The van der Waals surface area contributed by atoms with Crippen LogP contribution in [0.4, 0.5) is 0 Å². The van der Waals surface area contributed by atoms with Gasteiger partial charge >= 0.3 is 0 Å². The highest BCUT2D eigenvalue weighted by molar-refractivity contribution is 14.1. The number of halogens is 3. The molecular formula is C8H3Cl2IN2S. The molecular weight excluding hydrogens is 354 g/mol. The van der Waals surface area contributed by atoms with Crippen LogP contribution in [0.3, 0.4) is 0 Å². The minimum atomic E-state index is 0.609. The summed E-state index contributed by atoms with van der Waals surface area (Å²) < 4.78 is 4.82. The number of rotatable bonds is 1. The van der Waals surface area contributed by atoms with Crippen LogP contribution in [0.2, 0.25) is 10.0 Å². The van der Waals surface area contributed by atoms with E-state index in [1.165, 1.54) is 11.5 Å². The van der Waals surface area contributed by atoms with E-state index in [0.29, 0.717) is 10.0 Å². The molecule has 0 N–H and O–H groups in total. The van der Waals surface area contributed by atoms with Crippen molar-refractivity contribution >= 4 is 57.3 Å². The summed E-state index contributed by atoms with van der Waals surface area (Å²) in [4.78, 5) is 4.24. The Balaban J connectivity index is 2.51. The molecule has 0 aliphatic heterocycles. The molecule has 0 amide bonds. The summed E-state index contributed by atoms with van der Waals surface area (Å²) in [5.74, 6) is 0. The quantitative estimate of drug-likeness (QED) is 0.718. The largest absolute Gasteiger partial charge is 0.210 e. The highest BCUT2D eigenvalue weighted by atomic mass is 127. The Labute approximate surface area is 109 Å². The molecule has 6 heteroatoms. The van der Waals surface area contributed by atoms with E-state index >= 15 is 0 Å². The van der Waals surface area contributed by atoms with E-state index in [1.807, 2.05) is 12.1 Å². The predicted molar refractivity (Wildman–Crippen MR) is 68.1 cm³/mol. The summed E-state index contributed by atoms with van der Waals surface area (Å²) in [6.45, 7) is 0.